The van der Waals surface area contributed by atoms with Gasteiger partial charge >= 0.3 is 0 Å². The zero-order valence-electron chi connectivity index (χ0n) is 6.66. The van der Waals surface area contributed by atoms with Crippen molar-refractivity contribution in [2.75, 3.05) is 6.26 Å². The van der Waals surface area contributed by atoms with Gasteiger partial charge in [-0.1, -0.05) is 11.6 Å². The van der Waals surface area contributed by atoms with E-state index >= 15 is 0 Å². The fourth-order valence-corrected chi connectivity index (χ4v) is 1.63. The quantitative estimate of drug-likeness (QED) is 0.772. The highest BCUT2D eigenvalue weighted by Crippen LogP contribution is 2.18. The van der Waals surface area contributed by atoms with Crippen LogP contribution in [0.2, 0.25) is 5.15 Å². The van der Waals surface area contributed by atoms with E-state index < -0.39 is 9.84 Å². The van der Waals surface area contributed by atoms with E-state index in [1.54, 1.807) is 0 Å². The second-order valence-corrected chi connectivity index (χ2v) is 5.85. The number of halogens is 2. The van der Waals surface area contributed by atoms with E-state index in [2.05, 4.69) is 25.9 Å². The summed E-state index contributed by atoms with van der Waals surface area (Å²) < 4.78 is 22.3. The van der Waals surface area contributed by atoms with Gasteiger partial charge in [-0.25, -0.2) is 18.4 Å². The Bertz CT molecular complexity index is 421. The standard InChI is InChI=1S/C6H6BrClN2O2S/c1-13(11,12)3-5-9-2-4(7)6(8)10-5/h2H,3H2,1H3. The van der Waals surface area contributed by atoms with Gasteiger partial charge in [0.25, 0.3) is 0 Å². The van der Waals surface area contributed by atoms with E-state index in [9.17, 15) is 8.42 Å². The smallest absolute Gasteiger partial charge is 0.154 e. The molecule has 0 aliphatic carbocycles. The van der Waals surface area contributed by atoms with Crippen molar-refractivity contribution in [1.29, 1.82) is 0 Å². The van der Waals surface area contributed by atoms with Crippen LogP contribution in [0.4, 0.5) is 0 Å². The SMILES string of the molecule is CS(=O)(=O)Cc1ncc(Br)c(Cl)n1. The van der Waals surface area contributed by atoms with Crippen LogP contribution < -0.4 is 0 Å². The van der Waals surface area contributed by atoms with Crippen LogP contribution in [-0.4, -0.2) is 24.6 Å². The Morgan fingerprint density at radius 3 is 2.69 bits per heavy atom. The van der Waals surface area contributed by atoms with Crippen LogP contribution in [0.1, 0.15) is 5.82 Å². The summed E-state index contributed by atoms with van der Waals surface area (Å²) in [6.07, 6.45) is 2.54. The summed E-state index contributed by atoms with van der Waals surface area (Å²) >= 11 is 8.75. The molecular formula is C6H6BrClN2O2S. The van der Waals surface area contributed by atoms with Gasteiger partial charge in [0.1, 0.15) is 16.7 Å². The molecule has 0 saturated carbocycles. The maximum absolute atomic E-state index is 10.9. The second kappa shape index (κ2) is 3.89. The van der Waals surface area contributed by atoms with Crippen molar-refractivity contribution in [3.05, 3.63) is 21.6 Å². The molecule has 0 atom stereocenters. The lowest BCUT2D eigenvalue weighted by molar-refractivity contribution is 0.599. The number of rotatable bonds is 2. The number of aromatic nitrogens is 2. The van der Waals surface area contributed by atoms with Gasteiger partial charge in [-0.15, -0.1) is 0 Å². The lowest BCUT2D eigenvalue weighted by Gasteiger charge is -1.99. The average molecular weight is 286 g/mol. The zero-order chi connectivity index (χ0) is 10.1. The normalized spacial score (nSPS) is 11.6. The summed E-state index contributed by atoms with van der Waals surface area (Å²) in [5, 5.41) is 0.216. The highest BCUT2D eigenvalue weighted by molar-refractivity contribution is 9.10. The molecule has 1 aromatic heterocycles. The number of nitrogens with zero attached hydrogens (tertiary/aromatic N) is 2. The van der Waals surface area contributed by atoms with Gasteiger partial charge < -0.3 is 0 Å². The molecule has 13 heavy (non-hydrogen) atoms. The van der Waals surface area contributed by atoms with Gasteiger partial charge in [0.15, 0.2) is 9.84 Å². The van der Waals surface area contributed by atoms with Gasteiger partial charge in [-0.3, -0.25) is 0 Å². The minimum Gasteiger partial charge on any atom is -0.239 e. The van der Waals surface area contributed by atoms with E-state index in [-0.39, 0.29) is 16.7 Å². The van der Waals surface area contributed by atoms with Gasteiger partial charge in [-0.2, -0.15) is 0 Å². The molecule has 1 aromatic rings. The lowest BCUT2D eigenvalue weighted by Crippen LogP contribution is -2.05. The number of sulfone groups is 1. The Kier molecular flexibility index (Phi) is 3.26. The predicted octanol–water partition coefficient (Wildman–Crippen LogP) is 1.44. The molecular weight excluding hydrogens is 280 g/mol. The molecule has 0 amide bonds. The van der Waals surface area contributed by atoms with Crippen LogP contribution in [0.25, 0.3) is 0 Å². The van der Waals surface area contributed by atoms with Gasteiger partial charge in [0, 0.05) is 12.5 Å². The summed E-state index contributed by atoms with van der Waals surface area (Å²) in [7, 11) is -3.11. The molecule has 0 aliphatic rings. The van der Waals surface area contributed by atoms with Gasteiger partial charge in [0.2, 0.25) is 0 Å². The van der Waals surface area contributed by atoms with E-state index in [0.717, 1.165) is 6.26 Å². The summed E-state index contributed by atoms with van der Waals surface area (Å²) in [6, 6.07) is 0. The minimum atomic E-state index is -3.11. The van der Waals surface area contributed by atoms with Crippen LogP contribution in [0, 0.1) is 0 Å². The Labute approximate surface area is 89.4 Å². The first-order chi connectivity index (χ1) is 5.88. The first-order valence-corrected chi connectivity index (χ1v) is 6.46. The topological polar surface area (TPSA) is 59.9 Å². The molecule has 0 aromatic carbocycles. The van der Waals surface area contributed by atoms with Gasteiger partial charge in [0.05, 0.1) is 4.47 Å². The molecule has 0 spiro atoms. The fourth-order valence-electron chi connectivity index (χ4n) is 0.684. The molecule has 0 unspecified atom stereocenters. The largest absolute Gasteiger partial charge is 0.239 e. The Morgan fingerprint density at radius 1 is 1.62 bits per heavy atom. The third kappa shape index (κ3) is 3.58. The lowest BCUT2D eigenvalue weighted by atomic mass is 10.6. The Balaban J connectivity index is 2.99. The highest BCUT2D eigenvalue weighted by Gasteiger charge is 2.08. The molecule has 0 fully saturated rings. The molecule has 4 nitrogen and oxygen atoms in total. The minimum absolute atomic E-state index is 0.194. The maximum atomic E-state index is 10.9. The summed E-state index contributed by atoms with van der Waals surface area (Å²) in [6.45, 7) is 0. The van der Waals surface area contributed by atoms with E-state index in [0.29, 0.717) is 4.47 Å². The van der Waals surface area contributed by atoms with Crippen LogP contribution >= 0.6 is 27.5 Å². The van der Waals surface area contributed by atoms with Crippen molar-refractivity contribution >= 4 is 37.4 Å². The maximum Gasteiger partial charge on any atom is 0.154 e. The van der Waals surface area contributed by atoms with Crippen LogP contribution in [0.5, 0.6) is 0 Å². The number of hydrogen-bond acceptors (Lipinski definition) is 4. The summed E-state index contributed by atoms with van der Waals surface area (Å²) in [4.78, 5) is 7.59. The van der Waals surface area contributed by atoms with Crippen LogP contribution in [-0.2, 0) is 15.6 Å². The molecule has 0 aliphatic heterocycles. The third-order valence-corrected chi connectivity index (χ3v) is 3.02. The van der Waals surface area contributed by atoms with Gasteiger partial charge in [-0.05, 0) is 15.9 Å². The first-order valence-electron chi connectivity index (χ1n) is 3.23. The van der Waals surface area contributed by atoms with Crippen molar-refractivity contribution in [2.24, 2.45) is 0 Å². The first kappa shape index (κ1) is 10.9. The molecule has 1 heterocycles. The van der Waals surface area contributed by atoms with Crippen LogP contribution in [0.15, 0.2) is 10.7 Å². The average Bonchev–Trinajstić information content (AvgIpc) is 1.94. The predicted molar refractivity (Wildman–Crippen MR) is 53.3 cm³/mol. The highest BCUT2D eigenvalue weighted by atomic mass is 79.9. The van der Waals surface area contributed by atoms with Crippen molar-refractivity contribution in [3.63, 3.8) is 0 Å². The molecule has 0 saturated heterocycles. The molecule has 7 heteroatoms. The third-order valence-electron chi connectivity index (χ3n) is 1.14. The van der Waals surface area contributed by atoms with E-state index in [1.165, 1.54) is 6.20 Å². The second-order valence-electron chi connectivity index (χ2n) is 2.50. The van der Waals surface area contributed by atoms with Crippen molar-refractivity contribution in [2.45, 2.75) is 5.75 Å². The fraction of sp³-hybridized carbons (Fsp3) is 0.333. The monoisotopic (exact) mass is 284 g/mol. The molecule has 0 bridgehead atoms. The zero-order valence-corrected chi connectivity index (χ0v) is 9.82. The summed E-state index contributed by atoms with van der Waals surface area (Å²) in [5.41, 5.74) is 0. The van der Waals surface area contributed by atoms with E-state index in [4.69, 9.17) is 11.6 Å². The van der Waals surface area contributed by atoms with Crippen molar-refractivity contribution in [3.8, 4) is 0 Å². The van der Waals surface area contributed by atoms with Crippen LogP contribution in [0.3, 0.4) is 0 Å². The molecule has 0 radical (unpaired) electrons. The van der Waals surface area contributed by atoms with E-state index in [1.807, 2.05) is 0 Å². The summed E-state index contributed by atoms with van der Waals surface area (Å²) in [5.74, 6) is 0.00991. The van der Waals surface area contributed by atoms with Crippen molar-refractivity contribution < 1.29 is 8.42 Å². The Morgan fingerprint density at radius 2 is 2.23 bits per heavy atom. The number of hydrogen-bond donors (Lipinski definition) is 0. The molecule has 72 valence electrons. The Hall–Kier alpha value is -0.200. The van der Waals surface area contributed by atoms with Crippen molar-refractivity contribution in [1.82, 2.24) is 9.97 Å². The molecule has 1 rings (SSSR count). The molecule has 0 N–H and O–H groups in total.